The first-order valence-corrected chi connectivity index (χ1v) is 7.70. The first kappa shape index (κ1) is 15.5. The monoisotopic (exact) mass is 284 g/mol. The maximum absolute atomic E-state index is 12.4. The van der Waals surface area contributed by atoms with Gasteiger partial charge in [-0.1, -0.05) is 23.8 Å². The fraction of sp³-hybridized carbons (Fsp3) is 0.444. The van der Waals surface area contributed by atoms with Crippen molar-refractivity contribution in [3.8, 4) is 0 Å². The second kappa shape index (κ2) is 7.77. The fourth-order valence-electron chi connectivity index (χ4n) is 2.43. The van der Waals surface area contributed by atoms with E-state index in [2.05, 4.69) is 11.1 Å². The van der Waals surface area contributed by atoms with Crippen LogP contribution >= 0.6 is 0 Å². The van der Waals surface area contributed by atoms with E-state index in [0.717, 1.165) is 36.1 Å². The molecule has 112 valence electrons. The summed E-state index contributed by atoms with van der Waals surface area (Å²) in [6.07, 6.45) is 9.66. The van der Waals surface area contributed by atoms with Gasteiger partial charge in [-0.25, -0.2) is 0 Å². The van der Waals surface area contributed by atoms with E-state index in [4.69, 9.17) is 0 Å². The minimum atomic E-state index is 0.0779. The highest BCUT2D eigenvalue weighted by Gasteiger charge is 2.12. The lowest BCUT2D eigenvalue weighted by Gasteiger charge is -2.18. The lowest BCUT2D eigenvalue weighted by atomic mass is 10.1. The summed E-state index contributed by atoms with van der Waals surface area (Å²) in [6.45, 7) is 2.71. The topological polar surface area (TPSA) is 32.7 Å². The molecule has 1 aromatic rings. The Bertz CT molecular complexity index is 546. The third-order valence-electron chi connectivity index (χ3n) is 3.74. The molecule has 21 heavy (non-hydrogen) atoms. The van der Waals surface area contributed by atoms with Gasteiger partial charge in [0.15, 0.2) is 0 Å². The van der Waals surface area contributed by atoms with Crippen LogP contribution in [0.2, 0.25) is 0 Å². The Hall–Kier alpha value is -1.90. The number of aryl methyl sites for hydroxylation is 1. The molecule has 1 aliphatic rings. The van der Waals surface area contributed by atoms with E-state index in [0.29, 0.717) is 6.54 Å². The Morgan fingerprint density at radius 1 is 1.29 bits per heavy atom. The van der Waals surface area contributed by atoms with E-state index in [9.17, 15) is 4.79 Å². The van der Waals surface area contributed by atoms with E-state index >= 15 is 0 Å². The van der Waals surface area contributed by atoms with Crippen LogP contribution in [0.5, 0.6) is 0 Å². The van der Waals surface area contributed by atoms with Crippen LogP contribution in [0.3, 0.4) is 0 Å². The zero-order valence-electron chi connectivity index (χ0n) is 13.0. The molecule has 0 radical (unpaired) electrons. The van der Waals surface area contributed by atoms with Gasteiger partial charge in [0.25, 0.3) is 5.91 Å². The molecule has 0 saturated carbocycles. The highest BCUT2D eigenvalue weighted by atomic mass is 16.2. The van der Waals surface area contributed by atoms with E-state index < -0.39 is 0 Å². The molecule has 1 amide bonds. The number of hydrogen-bond donors (Lipinski definition) is 0. The molecule has 0 aliphatic carbocycles. The van der Waals surface area contributed by atoms with Crippen molar-refractivity contribution in [2.45, 2.75) is 39.0 Å². The van der Waals surface area contributed by atoms with Gasteiger partial charge in [-0.3, -0.25) is 9.79 Å². The van der Waals surface area contributed by atoms with Crippen molar-refractivity contribution in [2.24, 2.45) is 4.99 Å². The Labute approximate surface area is 127 Å². The number of aliphatic imine (C=N–C) groups is 1. The van der Waals surface area contributed by atoms with Gasteiger partial charge in [0.05, 0.1) is 0 Å². The van der Waals surface area contributed by atoms with Gasteiger partial charge in [-0.2, -0.15) is 0 Å². The number of rotatable bonds is 4. The predicted octanol–water partition coefficient (Wildman–Crippen LogP) is 3.99. The molecule has 1 heterocycles. The van der Waals surface area contributed by atoms with Gasteiger partial charge in [-0.15, -0.1) is 0 Å². The van der Waals surface area contributed by atoms with E-state index in [1.165, 1.54) is 12.8 Å². The Morgan fingerprint density at radius 3 is 2.90 bits per heavy atom. The predicted molar refractivity (Wildman–Crippen MR) is 87.8 cm³/mol. The van der Waals surface area contributed by atoms with E-state index in [1.807, 2.05) is 44.5 Å². The second-order valence-electron chi connectivity index (χ2n) is 5.64. The molecule has 1 aromatic carbocycles. The highest BCUT2D eigenvalue weighted by molar-refractivity contribution is 5.94. The maximum Gasteiger partial charge on any atom is 0.253 e. The van der Waals surface area contributed by atoms with Crippen molar-refractivity contribution in [1.29, 1.82) is 0 Å². The molecule has 3 heteroatoms. The molecule has 0 spiro atoms. The number of amides is 1. The molecule has 0 aromatic heterocycles. The molecule has 0 N–H and O–H groups in total. The van der Waals surface area contributed by atoms with Gasteiger partial charge >= 0.3 is 0 Å². The van der Waals surface area contributed by atoms with Crippen LogP contribution in [-0.4, -0.2) is 30.6 Å². The molecule has 3 nitrogen and oxygen atoms in total. The summed E-state index contributed by atoms with van der Waals surface area (Å²) in [5.74, 6) is 0.0779. The summed E-state index contributed by atoms with van der Waals surface area (Å²) < 4.78 is 0. The number of benzene rings is 1. The number of carbonyl (C=O) groups is 1. The molecule has 0 atom stereocenters. The summed E-state index contributed by atoms with van der Waals surface area (Å²) in [5.41, 5.74) is 2.98. The highest BCUT2D eigenvalue weighted by Crippen LogP contribution is 2.13. The smallest absolute Gasteiger partial charge is 0.253 e. The third-order valence-corrected chi connectivity index (χ3v) is 3.74. The van der Waals surface area contributed by atoms with Crippen molar-refractivity contribution >= 4 is 12.1 Å². The van der Waals surface area contributed by atoms with E-state index in [1.54, 1.807) is 4.90 Å². The number of nitrogens with zero attached hydrogens (tertiary/aromatic N) is 2. The van der Waals surface area contributed by atoms with Crippen molar-refractivity contribution in [3.63, 3.8) is 0 Å². The average Bonchev–Trinajstić information content (AvgIpc) is 2.45. The molecule has 0 fully saturated rings. The summed E-state index contributed by atoms with van der Waals surface area (Å²) in [4.78, 5) is 18.6. The molecule has 2 rings (SSSR count). The van der Waals surface area contributed by atoms with Crippen LogP contribution < -0.4 is 0 Å². The van der Waals surface area contributed by atoms with Crippen LogP contribution in [0.1, 0.15) is 48.0 Å². The van der Waals surface area contributed by atoms with Gasteiger partial charge in [0.2, 0.25) is 0 Å². The summed E-state index contributed by atoms with van der Waals surface area (Å²) in [6, 6.07) is 7.74. The van der Waals surface area contributed by atoms with Crippen LogP contribution in [0.15, 0.2) is 41.0 Å². The van der Waals surface area contributed by atoms with Crippen molar-refractivity contribution < 1.29 is 4.79 Å². The van der Waals surface area contributed by atoms with Gasteiger partial charge < -0.3 is 4.90 Å². The molecule has 0 saturated heterocycles. The maximum atomic E-state index is 12.4. The Kier molecular flexibility index (Phi) is 5.73. The second-order valence-corrected chi connectivity index (χ2v) is 5.64. The molecule has 1 aliphatic heterocycles. The molecular weight excluding hydrogens is 260 g/mol. The molecule has 0 unspecified atom stereocenters. The lowest BCUT2D eigenvalue weighted by molar-refractivity contribution is 0.0796. The fourth-order valence-corrected chi connectivity index (χ4v) is 2.43. The van der Waals surface area contributed by atoms with Crippen LogP contribution in [0.4, 0.5) is 0 Å². The van der Waals surface area contributed by atoms with Crippen molar-refractivity contribution in [1.82, 2.24) is 4.90 Å². The first-order chi connectivity index (χ1) is 10.2. The van der Waals surface area contributed by atoms with Gasteiger partial charge in [-0.05, 0) is 44.7 Å². The Balaban J connectivity index is 1.91. The zero-order chi connectivity index (χ0) is 15.1. The SMILES string of the molecule is Cc1cccc(C(=O)N(C)CCC2=C/CCCC/C=N\2)c1. The summed E-state index contributed by atoms with van der Waals surface area (Å²) >= 11 is 0. The van der Waals surface area contributed by atoms with Gasteiger partial charge in [0.1, 0.15) is 0 Å². The zero-order valence-corrected chi connectivity index (χ0v) is 13.0. The van der Waals surface area contributed by atoms with Crippen LogP contribution in [0.25, 0.3) is 0 Å². The normalized spacial score (nSPS) is 19.0. The standard InChI is InChI=1S/C18H24N2O/c1-15-8-7-9-16(14-15)18(21)20(2)13-11-17-10-5-3-4-6-12-19-17/h7-10,12,14H,3-6,11,13H2,1-2H3/b17-10-,19-12-. The first-order valence-electron chi connectivity index (χ1n) is 7.70. The minimum Gasteiger partial charge on any atom is -0.341 e. The average molecular weight is 284 g/mol. The lowest BCUT2D eigenvalue weighted by Crippen LogP contribution is -2.28. The number of hydrogen-bond acceptors (Lipinski definition) is 2. The minimum absolute atomic E-state index is 0.0779. The number of carbonyl (C=O) groups excluding carboxylic acids is 1. The summed E-state index contributed by atoms with van der Waals surface area (Å²) in [5, 5.41) is 0. The van der Waals surface area contributed by atoms with E-state index in [-0.39, 0.29) is 5.91 Å². The largest absolute Gasteiger partial charge is 0.341 e. The van der Waals surface area contributed by atoms with Crippen molar-refractivity contribution in [2.75, 3.05) is 13.6 Å². The van der Waals surface area contributed by atoms with Crippen LogP contribution in [0, 0.1) is 6.92 Å². The summed E-state index contributed by atoms with van der Waals surface area (Å²) in [7, 11) is 1.86. The molecule has 0 bridgehead atoms. The quantitative estimate of drug-likeness (QED) is 0.823. The van der Waals surface area contributed by atoms with Crippen LogP contribution in [-0.2, 0) is 0 Å². The third kappa shape index (κ3) is 4.85. The number of allylic oxidation sites excluding steroid dienone is 1. The van der Waals surface area contributed by atoms with Crippen molar-refractivity contribution in [3.05, 3.63) is 47.2 Å². The Morgan fingerprint density at radius 2 is 2.10 bits per heavy atom. The molecular formula is C18H24N2O. The van der Waals surface area contributed by atoms with Gasteiger partial charge in [0, 0.05) is 37.5 Å².